The van der Waals surface area contributed by atoms with Gasteiger partial charge in [-0.1, -0.05) is 23.7 Å². The quantitative estimate of drug-likeness (QED) is 0.788. The van der Waals surface area contributed by atoms with Gasteiger partial charge >= 0.3 is 5.97 Å². The normalized spacial score (nSPS) is 14.3. The number of carbonyl (C=O) groups is 2. The molecular weight excluding hydrogens is 342 g/mol. The molecule has 2 aromatic rings. The third-order valence-corrected chi connectivity index (χ3v) is 4.34. The predicted molar refractivity (Wildman–Crippen MR) is 95.1 cm³/mol. The molecule has 6 nitrogen and oxygen atoms in total. The molecule has 0 N–H and O–H groups in total. The van der Waals surface area contributed by atoms with Crippen LogP contribution in [0.3, 0.4) is 0 Å². The number of pyridine rings is 1. The maximum atomic E-state index is 12.6. The number of halogens is 1. The van der Waals surface area contributed by atoms with Crippen molar-refractivity contribution in [3.63, 3.8) is 0 Å². The summed E-state index contributed by atoms with van der Waals surface area (Å²) in [5, 5.41) is 0.694. The number of rotatable bonds is 3. The maximum Gasteiger partial charge on any atom is 0.356 e. The van der Waals surface area contributed by atoms with Gasteiger partial charge in [0, 0.05) is 36.9 Å². The number of hydrogen-bond donors (Lipinski definition) is 0. The lowest BCUT2D eigenvalue weighted by Crippen LogP contribution is -2.49. The first kappa shape index (κ1) is 17.2. The first-order valence-electron chi connectivity index (χ1n) is 7.93. The first-order chi connectivity index (χ1) is 12.1. The standard InChI is InChI=1S/C18H18ClN3O3/c1-25-18(24)16-7-3-6-15(20-16)17(23)22-10-8-21(9-11-22)14-5-2-4-13(19)12-14/h2-7,12H,8-11H2,1H3. The lowest BCUT2D eigenvalue weighted by molar-refractivity contribution is 0.0593. The lowest BCUT2D eigenvalue weighted by atomic mass is 10.2. The Morgan fingerprint density at radius 3 is 2.40 bits per heavy atom. The van der Waals surface area contributed by atoms with Gasteiger partial charge in [-0.15, -0.1) is 0 Å². The Morgan fingerprint density at radius 2 is 1.72 bits per heavy atom. The van der Waals surface area contributed by atoms with Crippen LogP contribution in [0.2, 0.25) is 5.02 Å². The van der Waals surface area contributed by atoms with Gasteiger partial charge in [0.25, 0.3) is 5.91 Å². The monoisotopic (exact) mass is 359 g/mol. The third-order valence-electron chi connectivity index (χ3n) is 4.10. The number of anilines is 1. The number of carbonyl (C=O) groups excluding carboxylic acids is 2. The fourth-order valence-corrected chi connectivity index (χ4v) is 2.96. The molecule has 0 atom stereocenters. The molecule has 0 unspecified atom stereocenters. The van der Waals surface area contributed by atoms with Crippen LogP contribution in [-0.2, 0) is 4.74 Å². The molecule has 1 amide bonds. The molecule has 1 aliphatic heterocycles. The molecule has 25 heavy (non-hydrogen) atoms. The molecule has 7 heteroatoms. The summed E-state index contributed by atoms with van der Waals surface area (Å²) in [7, 11) is 1.29. The molecule has 0 bridgehead atoms. The minimum Gasteiger partial charge on any atom is -0.464 e. The number of amides is 1. The highest BCUT2D eigenvalue weighted by atomic mass is 35.5. The summed E-state index contributed by atoms with van der Waals surface area (Å²) in [6, 6.07) is 12.4. The van der Waals surface area contributed by atoms with Gasteiger partial charge in [0.15, 0.2) is 0 Å². The summed E-state index contributed by atoms with van der Waals surface area (Å²) in [6.07, 6.45) is 0. The smallest absolute Gasteiger partial charge is 0.356 e. The fraction of sp³-hybridized carbons (Fsp3) is 0.278. The van der Waals surface area contributed by atoms with Crippen molar-refractivity contribution in [1.29, 1.82) is 0 Å². The number of ether oxygens (including phenoxy) is 1. The molecule has 0 spiro atoms. The number of methoxy groups -OCH3 is 1. The fourth-order valence-electron chi connectivity index (χ4n) is 2.77. The summed E-state index contributed by atoms with van der Waals surface area (Å²) in [4.78, 5) is 32.2. The van der Waals surface area contributed by atoms with E-state index in [2.05, 4.69) is 14.6 Å². The number of hydrogen-bond acceptors (Lipinski definition) is 5. The van der Waals surface area contributed by atoms with Gasteiger partial charge in [-0.25, -0.2) is 9.78 Å². The van der Waals surface area contributed by atoms with Crippen LogP contribution in [0.5, 0.6) is 0 Å². The second-order valence-corrected chi connectivity index (χ2v) is 6.10. The van der Waals surface area contributed by atoms with E-state index in [1.165, 1.54) is 13.2 Å². The molecule has 1 aromatic heterocycles. The van der Waals surface area contributed by atoms with Crippen molar-refractivity contribution in [3.05, 3.63) is 58.9 Å². The van der Waals surface area contributed by atoms with Gasteiger partial charge in [0.2, 0.25) is 0 Å². The molecule has 3 rings (SSSR count). The van der Waals surface area contributed by atoms with Crippen LogP contribution in [0.4, 0.5) is 5.69 Å². The largest absolute Gasteiger partial charge is 0.464 e. The van der Waals surface area contributed by atoms with Crippen LogP contribution in [-0.4, -0.2) is 55.0 Å². The highest BCUT2D eigenvalue weighted by molar-refractivity contribution is 6.30. The van der Waals surface area contributed by atoms with Crippen LogP contribution in [0.15, 0.2) is 42.5 Å². The predicted octanol–water partition coefficient (Wildman–Crippen LogP) is 2.48. The molecule has 2 heterocycles. The van der Waals surface area contributed by atoms with Gasteiger partial charge < -0.3 is 14.5 Å². The van der Waals surface area contributed by atoms with E-state index in [1.54, 1.807) is 17.0 Å². The van der Waals surface area contributed by atoms with Gasteiger partial charge in [-0.05, 0) is 30.3 Å². The molecule has 1 aliphatic rings. The minimum atomic E-state index is -0.555. The van der Waals surface area contributed by atoms with Crippen LogP contribution in [0.25, 0.3) is 0 Å². The molecule has 1 saturated heterocycles. The zero-order chi connectivity index (χ0) is 17.8. The second-order valence-electron chi connectivity index (χ2n) is 5.66. The van der Waals surface area contributed by atoms with Crippen molar-refractivity contribution < 1.29 is 14.3 Å². The van der Waals surface area contributed by atoms with Crippen LogP contribution in [0.1, 0.15) is 21.0 Å². The average Bonchev–Trinajstić information content (AvgIpc) is 2.67. The molecule has 130 valence electrons. The highest BCUT2D eigenvalue weighted by Crippen LogP contribution is 2.21. The van der Waals surface area contributed by atoms with E-state index in [4.69, 9.17) is 11.6 Å². The Morgan fingerprint density at radius 1 is 1.04 bits per heavy atom. The van der Waals surface area contributed by atoms with E-state index in [1.807, 2.05) is 24.3 Å². The SMILES string of the molecule is COC(=O)c1cccc(C(=O)N2CCN(c3cccc(Cl)c3)CC2)n1. The van der Waals surface area contributed by atoms with Crippen molar-refractivity contribution in [1.82, 2.24) is 9.88 Å². The molecule has 0 saturated carbocycles. The lowest BCUT2D eigenvalue weighted by Gasteiger charge is -2.36. The average molecular weight is 360 g/mol. The van der Waals surface area contributed by atoms with E-state index < -0.39 is 5.97 Å². The summed E-state index contributed by atoms with van der Waals surface area (Å²) >= 11 is 6.04. The minimum absolute atomic E-state index is 0.130. The van der Waals surface area contributed by atoms with E-state index in [9.17, 15) is 9.59 Å². The molecule has 1 fully saturated rings. The van der Waals surface area contributed by atoms with Crippen molar-refractivity contribution >= 4 is 29.2 Å². The summed E-state index contributed by atoms with van der Waals surface area (Å²) in [6.45, 7) is 2.58. The molecular formula is C18H18ClN3O3. The number of nitrogens with zero attached hydrogens (tertiary/aromatic N) is 3. The maximum absolute atomic E-state index is 12.6. The number of benzene rings is 1. The van der Waals surface area contributed by atoms with E-state index in [0.29, 0.717) is 31.2 Å². The van der Waals surface area contributed by atoms with Crippen molar-refractivity contribution in [2.24, 2.45) is 0 Å². The number of aromatic nitrogens is 1. The highest BCUT2D eigenvalue weighted by Gasteiger charge is 2.24. The number of esters is 1. The second kappa shape index (κ2) is 7.53. The van der Waals surface area contributed by atoms with Gasteiger partial charge in [-0.2, -0.15) is 0 Å². The Hall–Kier alpha value is -2.60. The van der Waals surface area contributed by atoms with Crippen LogP contribution >= 0.6 is 11.6 Å². The van der Waals surface area contributed by atoms with Crippen LogP contribution < -0.4 is 4.90 Å². The van der Waals surface area contributed by atoms with Gasteiger partial charge in [0.1, 0.15) is 11.4 Å². The topological polar surface area (TPSA) is 62.7 Å². The van der Waals surface area contributed by atoms with Gasteiger partial charge in [-0.3, -0.25) is 4.79 Å². The molecule has 0 aliphatic carbocycles. The summed E-state index contributed by atoms with van der Waals surface area (Å²) < 4.78 is 4.65. The van der Waals surface area contributed by atoms with Crippen LogP contribution in [0, 0.1) is 0 Å². The first-order valence-corrected chi connectivity index (χ1v) is 8.31. The number of piperazine rings is 1. The Labute approximate surface area is 151 Å². The van der Waals surface area contributed by atoms with E-state index in [-0.39, 0.29) is 17.3 Å². The zero-order valence-electron chi connectivity index (χ0n) is 13.8. The summed E-state index contributed by atoms with van der Waals surface area (Å²) in [5.74, 6) is -0.739. The zero-order valence-corrected chi connectivity index (χ0v) is 14.6. The van der Waals surface area contributed by atoms with Crippen molar-refractivity contribution in [2.75, 3.05) is 38.2 Å². The Balaban J connectivity index is 1.66. The molecule has 1 aromatic carbocycles. The van der Waals surface area contributed by atoms with Crippen molar-refractivity contribution in [3.8, 4) is 0 Å². The third kappa shape index (κ3) is 3.91. The van der Waals surface area contributed by atoms with E-state index >= 15 is 0 Å². The Kier molecular flexibility index (Phi) is 5.19. The Bertz CT molecular complexity index is 789. The summed E-state index contributed by atoms with van der Waals surface area (Å²) in [5.41, 5.74) is 1.43. The molecule has 0 radical (unpaired) electrons. The van der Waals surface area contributed by atoms with E-state index in [0.717, 1.165) is 5.69 Å². The van der Waals surface area contributed by atoms with Gasteiger partial charge in [0.05, 0.1) is 7.11 Å². The van der Waals surface area contributed by atoms with Crippen molar-refractivity contribution in [2.45, 2.75) is 0 Å².